The molecule has 2 aliphatic heterocycles. The molecule has 136 valence electrons. The predicted molar refractivity (Wildman–Crippen MR) is 99.3 cm³/mol. The molecule has 1 amide bonds. The Kier molecular flexibility index (Phi) is 4.84. The van der Waals surface area contributed by atoms with Crippen LogP contribution in [0.4, 0.5) is 5.82 Å². The van der Waals surface area contributed by atoms with E-state index in [1.165, 1.54) is 12.8 Å². The molecule has 0 unspecified atom stereocenters. The summed E-state index contributed by atoms with van der Waals surface area (Å²) in [6.07, 6.45) is 5.81. The van der Waals surface area contributed by atoms with E-state index in [1.807, 2.05) is 36.1 Å². The summed E-state index contributed by atoms with van der Waals surface area (Å²) in [7, 11) is 0. The number of pyridine rings is 2. The van der Waals surface area contributed by atoms with Gasteiger partial charge in [-0.1, -0.05) is 0 Å². The number of nitrogens with zero attached hydrogens (tertiary/aromatic N) is 4. The minimum atomic E-state index is -0.103. The summed E-state index contributed by atoms with van der Waals surface area (Å²) in [5, 5.41) is 0. The summed E-state index contributed by atoms with van der Waals surface area (Å²) in [6.45, 7) is 5.72. The molecule has 2 aliphatic rings. The van der Waals surface area contributed by atoms with Crippen molar-refractivity contribution in [3.05, 3.63) is 53.5 Å². The van der Waals surface area contributed by atoms with Crippen LogP contribution < -0.4 is 4.90 Å². The number of aromatic nitrogens is 2. The zero-order valence-electron chi connectivity index (χ0n) is 15.1. The van der Waals surface area contributed by atoms with Gasteiger partial charge in [0.15, 0.2) is 0 Å². The summed E-state index contributed by atoms with van der Waals surface area (Å²) in [6, 6.07) is 7.72. The first kappa shape index (κ1) is 17.0. The molecular formula is C20H24N4O2. The molecule has 2 aromatic heterocycles. The molecule has 6 heteroatoms. The van der Waals surface area contributed by atoms with Gasteiger partial charge < -0.3 is 14.5 Å². The zero-order chi connectivity index (χ0) is 17.9. The van der Waals surface area contributed by atoms with Crippen LogP contribution in [0.1, 0.15) is 40.6 Å². The molecule has 1 atom stereocenters. The third kappa shape index (κ3) is 3.55. The normalized spacial score (nSPS) is 20.4. The number of aryl methyl sites for hydroxylation is 1. The molecular weight excluding hydrogens is 328 g/mol. The van der Waals surface area contributed by atoms with E-state index in [0.717, 1.165) is 30.2 Å². The van der Waals surface area contributed by atoms with Crippen LogP contribution in [0, 0.1) is 6.92 Å². The maximum atomic E-state index is 13.0. The van der Waals surface area contributed by atoms with Crippen molar-refractivity contribution in [2.45, 2.75) is 25.9 Å². The van der Waals surface area contributed by atoms with Gasteiger partial charge in [0.25, 0.3) is 5.91 Å². The van der Waals surface area contributed by atoms with Crippen LogP contribution in [0.15, 0.2) is 36.7 Å². The van der Waals surface area contributed by atoms with Crippen molar-refractivity contribution in [3.8, 4) is 0 Å². The van der Waals surface area contributed by atoms with Crippen molar-refractivity contribution >= 4 is 11.7 Å². The number of amides is 1. The SMILES string of the molecule is Cc1cc([C@H]2CN(C(=O)c3ccnc(N4CCCC4)c3)CCO2)ccn1. The molecule has 0 aliphatic carbocycles. The Morgan fingerprint density at radius 1 is 1.12 bits per heavy atom. The Labute approximate surface area is 153 Å². The maximum Gasteiger partial charge on any atom is 0.254 e. The van der Waals surface area contributed by atoms with Crippen LogP contribution in [0.25, 0.3) is 0 Å². The van der Waals surface area contributed by atoms with Crippen LogP contribution in [0.3, 0.4) is 0 Å². The Balaban J connectivity index is 1.50. The first-order valence-electron chi connectivity index (χ1n) is 9.25. The fraction of sp³-hybridized carbons (Fsp3) is 0.450. The molecule has 26 heavy (non-hydrogen) atoms. The maximum absolute atomic E-state index is 13.0. The van der Waals surface area contributed by atoms with Gasteiger partial charge in [0.1, 0.15) is 11.9 Å². The van der Waals surface area contributed by atoms with Crippen LogP contribution in [0.5, 0.6) is 0 Å². The molecule has 2 aromatic rings. The Hall–Kier alpha value is -2.47. The van der Waals surface area contributed by atoms with Crippen molar-refractivity contribution in [1.82, 2.24) is 14.9 Å². The van der Waals surface area contributed by atoms with Crippen molar-refractivity contribution in [3.63, 3.8) is 0 Å². The Bertz CT molecular complexity index is 789. The number of ether oxygens (including phenoxy) is 1. The molecule has 0 aromatic carbocycles. The number of rotatable bonds is 3. The molecule has 0 saturated carbocycles. The topological polar surface area (TPSA) is 58.6 Å². The van der Waals surface area contributed by atoms with Gasteiger partial charge in [0.05, 0.1) is 13.2 Å². The minimum absolute atomic E-state index is 0.0481. The minimum Gasteiger partial charge on any atom is -0.370 e. The highest BCUT2D eigenvalue weighted by Crippen LogP contribution is 2.24. The summed E-state index contributed by atoms with van der Waals surface area (Å²) < 4.78 is 5.90. The average molecular weight is 352 g/mol. The zero-order valence-corrected chi connectivity index (χ0v) is 15.1. The van der Waals surface area contributed by atoms with E-state index in [4.69, 9.17) is 4.74 Å². The summed E-state index contributed by atoms with van der Waals surface area (Å²) >= 11 is 0. The second-order valence-corrected chi connectivity index (χ2v) is 6.94. The smallest absolute Gasteiger partial charge is 0.254 e. The van der Waals surface area contributed by atoms with Gasteiger partial charge in [-0.2, -0.15) is 0 Å². The van der Waals surface area contributed by atoms with Crippen molar-refractivity contribution in [1.29, 1.82) is 0 Å². The predicted octanol–water partition coefficient (Wildman–Crippen LogP) is 2.60. The highest BCUT2D eigenvalue weighted by Gasteiger charge is 2.27. The van der Waals surface area contributed by atoms with E-state index in [1.54, 1.807) is 12.4 Å². The number of hydrogen-bond donors (Lipinski definition) is 0. The van der Waals surface area contributed by atoms with Gasteiger partial charge in [-0.05, 0) is 49.6 Å². The number of hydrogen-bond acceptors (Lipinski definition) is 5. The first-order chi connectivity index (χ1) is 12.7. The Morgan fingerprint density at radius 2 is 1.92 bits per heavy atom. The second kappa shape index (κ2) is 7.41. The van der Waals surface area contributed by atoms with E-state index < -0.39 is 0 Å². The lowest BCUT2D eigenvalue weighted by atomic mass is 10.1. The average Bonchev–Trinajstić information content (AvgIpc) is 3.22. The molecule has 2 saturated heterocycles. The second-order valence-electron chi connectivity index (χ2n) is 6.94. The van der Waals surface area contributed by atoms with Gasteiger partial charge in [0, 0.05) is 43.3 Å². The van der Waals surface area contributed by atoms with Crippen LogP contribution in [-0.4, -0.2) is 53.6 Å². The lowest BCUT2D eigenvalue weighted by Gasteiger charge is -2.33. The van der Waals surface area contributed by atoms with Crippen LogP contribution in [0.2, 0.25) is 0 Å². The standard InChI is InChI=1S/C20H24N4O2/c1-15-12-16(4-6-21-15)18-14-24(10-11-26-18)20(25)17-5-7-22-19(13-17)23-8-2-3-9-23/h4-7,12-13,18H,2-3,8-11,14H2,1H3/t18-/m1/s1. The molecule has 6 nitrogen and oxygen atoms in total. The summed E-state index contributed by atoms with van der Waals surface area (Å²) in [4.78, 5) is 25.8. The quantitative estimate of drug-likeness (QED) is 0.850. The molecule has 2 fully saturated rings. The first-order valence-corrected chi connectivity index (χ1v) is 9.25. The van der Waals surface area contributed by atoms with E-state index in [9.17, 15) is 4.79 Å². The van der Waals surface area contributed by atoms with Gasteiger partial charge in [-0.15, -0.1) is 0 Å². The monoisotopic (exact) mass is 352 g/mol. The Morgan fingerprint density at radius 3 is 2.73 bits per heavy atom. The van der Waals surface area contributed by atoms with E-state index in [0.29, 0.717) is 25.3 Å². The van der Waals surface area contributed by atoms with Gasteiger partial charge >= 0.3 is 0 Å². The molecule has 0 spiro atoms. The van der Waals surface area contributed by atoms with Crippen LogP contribution in [-0.2, 0) is 4.74 Å². The van der Waals surface area contributed by atoms with E-state index >= 15 is 0 Å². The number of morpholine rings is 1. The number of anilines is 1. The van der Waals surface area contributed by atoms with Crippen molar-refractivity contribution in [2.24, 2.45) is 0 Å². The highest BCUT2D eigenvalue weighted by molar-refractivity contribution is 5.95. The summed E-state index contributed by atoms with van der Waals surface area (Å²) in [5.74, 6) is 0.954. The van der Waals surface area contributed by atoms with E-state index in [2.05, 4.69) is 14.9 Å². The highest BCUT2D eigenvalue weighted by atomic mass is 16.5. The van der Waals surface area contributed by atoms with Gasteiger partial charge in [-0.3, -0.25) is 9.78 Å². The fourth-order valence-corrected chi connectivity index (χ4v) is 3.66. The summed E-state index contributed by atoms with van der Waals surface area (Å²) in [5.41, 5.74) is 2.73. The molecule has 0 radical (unpaired) electrons. The van der Waals surface area contributed by atoms with Crippen LogP contribution >= 0.6 is 0 Å². The largest absolute Gasteiger partial charge is 0.370 e. The third-order valence-electron chi connectivity index (χ3n) is 5.07. The number of carbonyl (C=O) groups excluding carboxylic acids is 1. The lowest BCUT2D eigenvalue weighted by molar-refractivity contribution is -0.0228. The molecule has 4 heterocycles. The molecule has 4 rings (SSSR count). The third-order valence-corrected chi connectivity index (χ3v) is 5.07. The molecule has 0 N–H and O–H groups in total. The van der Waals surface area contributed by atoms with E-state index in [-0.39, 0.29) is 12.0 Å². The van der Waals surface area contributed by atoms with Crippen molar-refractivity contribution < 1.29 is 9.53 Å². The lowest BCUT2D eigenvalue weighted by Crippen LogP contribution is -2.42. The molecule has 0 bridgehead atoms. The van der Waals surface area contributed by atoms with Crippen molar-refractivity contribution in [2.75, 3.05) is 37.7 Å². The van der Waals surface area contributed by atoms with Gasteiger partial charge in [0.2, 0.25) is 0 Å². The fourth-order valence-electron chi connectivity index (χ4n) is 3.66. The van der Waals surface area contributed by atoms with Gasteiger partial charge in [-0.25, -0.2) is 4.98 Å². The number of carbonyl (C=O) groups is 1.